The Bertz CT molecular complexity index is 799. The number of amides is 1. The first kappa shape index (κ1) is 19.4. The summed E-state index contributed by atoms with van der Waals surface area (Å²) >= 11 is 1.73. The number of ether oxygens (including phenoxy) is 1. The Labute approximate surface area is 169 Å². The van der Waals surface area contributed by atoms with Crippen molar-refractivity contribution in [3.05, 3.63) is 30.7 Å². The van der Waals surface area contributed by atoms with Crippen molar-refractivity contribution < 1.29 is 9.53 Å². The third-order valence-corrected chi connectivity index (χ3v) is 6.70. The number of fused-ring (bicyclic) bond motifs is 1. The van der Waals surface area contributed by atoms with E-state index in [1.807, 2.05) is 29.3 Å². The van der Waals surface area contributed by atoms with Gasteiger partial charge in [0.2, 0.25) is 5.91 Å². The summed E-state index contributed by atoms with van der Waals surface area (Å²) in [6, 6.07) is 4.03. The highest BCUT2D eigenvalue weighted by molar-refractivity contribution is 7.98. The fourth-order valence-corrected chi connectivity index (χ4v) is 4.95. The van der Waals surface area contributed by atoms with Gasteiger partial charge in [-0.2, -0.15) is 11.8 Å². The molecule has 1 amide bonds. The van der Waals surface area contributed by atoms with E-state index in [4.69, 9.17) is 4.74 Å². The number of hydrogen-bond donors (Lipinski definition) is 0. The monoisotopic (exact) mass is 401 g/mol. The molecule has 2 aromatic rings. The van der Waals surface area contributed by atoms with Crippen LogP contribution in [0.1, 0.15) is 25.3 Å². The van der Waals surface area contributed by atoms with Gasteiger partial charge in [0.25, 0.3) is 0 Å². The van der Waals surface area contributed by atoms with Crippen molar-refractivity contribution >= 4 is 17.7 Å². The third-order valence-electron chi connectivity index (χ3n) is 6.09. The molecule has 0 unspecified atom stereocenters. The highest BCUT2D eigenvalue weighted by Gasteiger charge is 2.44. The van der Waals surface area contributed by atoms with E-state index in [-0.39, 0.29) is 18.1 Å². The van der Waals surface area contributed by atoms with Crippen LogP contribution >= 0.6 is 11.8 Å². The van der Waals surface area contributed by atoms with Crippen LogP contribution in [0.5, 0.6) is 0 Å². The second kappa shape index (κ2) is 8.61. The molecular weight excluding hydrogens is 374 g/mol. The Balaban J connectivity index is 1.47. The lowest BCUT2D eigenvalue weighted by Gasteiger charge is -2.36. The van der Waals surface area contributed by atoms with E-state index in [1.165, 1.54) is 0 Å². The molecule has 3 heterocycles. The van der Waals surface area contributed by atoms with E-state index >= 15 is 0 Å². The van der Waals surface area contributed by atoms with Gasteiger partial charge in [-0.25, -0.2) is 4.68 Å². The number of rotatable bonds is 6. The number of likely N-dealkylation sites (tertiary alicyclic amines) is 1. The Kier molecular flexibility index (Phi) is 5.96. The Hall–Kier alpha value is -1.93. The summed E-state index contributed by atoms with van der Waals surface area (Å²) in [5, 5.41) is 8.76. The van der Waals surface area contributed by atoms with Crippen molar-refractivity contribution in [1.82, 2.24) is 24.9 Å². The van der Waals surface area contributed by atoms with Gasteiger partial charge in [-0.05, 0) is 43.1 Å². The fraction of sp³-hybridized carbons (Fsp3) is 0.600. The van der Waals surface area contributed by atoms with E-state index in [1.54, 1.807) is 31.3 Å². The van der Waals surface area contributed by atoms with Crippen molar-refractivity contribution in [2.45, 2.75) is 31.4 Å². The van der Waals surface area contributed by atoms with Crippen LogP contribution in [0.15, 0.2) is 30.7 Å². The van der Waals surface area contributed by atoms with Crippen LogP contribution in [0.25, 0.3) is 11.3 Å². The van der Waals surface area contributed by atoms with E-state index in [2.05, 4.69) is 20.2 Å². The fourth-order valence-electron chi connectivity index (χ4n) is 4.57. The van der Waals surface area contributed by atoms with E-state index in [9.17, 15) is 4.79 Å². The molecule has 0 radical (unpaired) electrons. The molecule has 4 atom stereocenters. The minimum atomic E-state index is 0.0921. The maximum absolute atomic E-state index is 12.5. The zero-order chi connectivity index (χ0) is 19.5. The topological polar surface area (TPSA) is 73.1 Å². The van der Waals surface area contributed by atoms with Crippen molar-refractivity contribution in [3.8, 4) is 11.3 Å². The molecule has 28 heavy (non-hydrogen) atoms. The predicted molar refractivity (Wildman–Crippen MR) is 109 cm³/mol. The molecule has 0 N–H and O–H groups in total. The molecule has 150 valence electrons. The second-order valence-corrected chi connectivity index (χ2v) is 8.68. The van der Waals surface area contributed by atoms with Crippen molar-refractivity contribution in [2.24, 2.45) is 11.8 Å². The van der Waals surface area contributed by atoms with Crippen molar-refractivity contribution in [2.75, 3.05) is 32.2 Å². The molecule has 2 aliphatic rings. The van der Waals surface area contributed by atoms with E-state index in [0.29, 0.717) is 18.3 Å². The molecule has 1 saturated heterocycles. The standard InChI is InChI=1S/C20H27N5O2S/c1-27-19-10-16-12-24(20(26)5-8-28-2)11-15(16)9-18(19)25-13-17(22-23-25)14-3-6-21-7-4-14/h3-4,6-7,13,15-16,18-19H,5,8-12H2,1-2H3/t15-,16+,18-,19-/m1/s1. The number of methoxy groups -OCH3 is 1. The first-order chi connectivity index (χ1) is 13.7. The zero-order valence-electron chi connectivity index (χ0n) is 16.4. The normalized spacial score (nSPS) is 27.0. The molecular formula is C20H27N5O2S. The van der Waals surface area contributed by atoms with Gasteiger partial charge in [0.05, 0.1) is 18.3 Å². The molecule has 8 heteroatoms. The summed E-state index contributed by atoms with van der Waals surface area (Å²) in [5.41, 5.74) is 1.86. The number of aromatic nitrogens is 4. The van der Waals surface area contributed by atoms with Gasteiger partial charge in [-0.15, -0.1) is 5.10 Å². The van der Waals surface area contributed by atoms with Crippen LogP contribution in [-0.2, 0) is 9.53 Å². The summed E-state index contributed by atoms with van der Waals surface area (Å²) in [7, 11) is 1.77. The number of carbonyl (C=O) groups is 1. The summed E-state index contributed by atoms with van der Waals surface area (Å²) in [4.78, 5) is 18.6. The summed E-state index contributed by atoms with van der Waals surface area (Å²) in [5.74, 6) is 2.20. The largest absolute Gasteiger partial charge is 0.379 e. The average molecular weight is 402 g/mol. The van der Waals surface area contributed by atoms with Gasteiger partial charge in [-0.3, -0.25) is 9.78 Å². The molecule has 7 nitrogen and oxygen atoms in total. The van der Waals surface area contributed by atoms with Gasteiger partial charge in [-0.1, -0.05) is 5.21 Å². The van der Waals surface area contributed by atoms with E-state index < -0.39 is 0 Å². The number of carbonyl (C=O) groups excluding carboxylic acids is 1. The lowest BCUT2D eigenvalue weighted by atomic mass is 9.77. The number of thioether (sulfide) groups is 1. The number of pyridine rings is 1. The molecule has 0 bridgehead atoms. The van der Waals surface area contributed by atoms with Crippen molar-refractivity contribution in [3.63, 3.8) is 0 Å². The first-order valence-corrected chi connectivity index (χ1v) is 11.2. The maximum atomic E-state index is 12.5. The van der Waals surface area contributed by atoms with Gasteiger partial charge < -0.3 is 9.64 Å². The van der Waals surface area contributed by atoms with Crippen LogP contribution in [0.4, 0.5) is 0 Å². The molecule has 2 fully saturated rings. The maximum Gasteiger partial charge on any atom is 0.223 e. The minimum absolute atomic E-state index is 0.0921. The lowest BCUT2D eigenvalue weighted by Crippen LogP contribution is -2.37. The minimum Gasteiger partial charge on any atom is -0.379 e. The van der Waals surface area contributed by atoms with Crippen LogP contribution < -0.4 is 0 Å². The van der Waals surface area contributed by atoms with Crippen LogP contribution in [0.3, 0.4) is 0 Å². The van der Waals surface area contributed by atoms with Gasteiger partial charge in [0, 0.05) is 50.3 Å². The molecule has 1 aliphatic heterocycles. The smallest absolute Gasteiger partial charge is 0.223 e. The summed E-state index contributed by atoms with van der Waals surface area (Å²) < 4.78 is 7.79. The molecule has 4 rings (SSSR count). The molecule has 0 aromatic carbocycles. The van der Waals surface area contributed by atoms with Crippen LogP contribution in [-0.4, -0.2) is 69.1 Å². The molecule has 1 saturated carbocycles. The quantitative estimate of drug-likeness (QED) is 0.741. The summed E-state index contributed by atoms with van der Waals surface area (Å²) in [6.07, 6.45) is 10.2. The molecule has 1 aliphatic carbocycles. The van der Waals surface area contributed by atoms with Crippen LogP contribution in [0, 0.1) is 11.8 Å². The summed E-state index contributed by atoms with van der Waals surface area (Å²) in [6.45, 7) is 1.72. The highest BCUT2D eigenvalue weighted by atomic mass is 32.2. The second-order valence-electron chi connectivity index (χ2n) is 7.69. The third kappa shape index (κ3) is 3.93. The van der Waals surface area contributed by atoms with Crippen LogP contribution in [0.2, 0.25) is 0 Å². The van der Waals surface area contributed by atoms with Crippen molar-refractivity contribution in [1.29, 1.82) is 0 Å². The average Bonchev–Trinajstić information content (AvgIpc) is 3.38. The molecule has 0 spiro atoms. The zero-order valence-corrected chi connectivity index (χ0v) is 17.2. The Morgan fingerprint density at radius 2 is 2.00 bits per heavy atom. The SMILES string of the molecule is CO[C@@H]1C[C@H]2CN(C(=O)CCSC)C[C@H]2C[C@H]1n1cc(-c2ccncc2)nn1. The predicted octanol–water partition coefficient (Wildman–Crippen LogP) is 2.52. The number of nitrogens with zero attached hydrogens (tertiary/aromatic N) is 5. The highest BCUT2D eigenvalue weighted by Crippen LogP contribution is 2.42. The van der Waals surface area contributed by atoms with Gasteiger partial charge in [0.15, 0.2) is 0 Å². The number of hydrogen-bond acceptors (Lipinski definition) is 6. The van der Waals surface area contributed by atoms with Gasteiger partial charge in [0.1, 0.15) is 5.69 Å². The lowest BCUT2D eigenvalue weighted by molar-refractivity contribution is -0.129. The Morgan fingerprint density at radius 3 is 2.71 bits per heavy atom. The Morgan fingerprint density at radius 1 is 1.25 bits per heavy atom. The van der Waals surface area contributed by atoms with Gasteiger partial charge >= 0.3 is 0 Å². The van der Waals surface area contributed by atoms with E-state index in [0.717, 1.165) is 42.9 Å². The molecule has 2 aromatic heterocycles. The first-order valence-electron chi connectivity index (χ1n) is 9.81.